The molecule has 0 radical (unpaired) electrons. The lowest BCUT2D eigenvalue weighted by Crippen LogP contribution is -2.49. The number of hydrogen-bond acceptors (Lipinski definition) is 1. The van der Waals surface area contributed by atoms with Crippen LogP contribution in [0.25, 0.3) is 0 Å². The largest absolute Gasteiger partial charge is 0.393 e. The van der Waals surface area contributed by atoms with Crippen LogP contribution in [0.2, 0.25) is 38.3 Å². The van der Waals surface area contributed by atoms with Gasteiger partial charge in [0.05, 0.1) is 14.2 Å². The SMILES string of the molecule is C=CC(C(C)C(O)CCC#C[Si](C)(C)C)[Si](C)(C)c1ccccc1. The Kier molecular flexibility index (Phi) is 7.73. The number of benzene rings is 1. The van der Waals surface area contributed by atoms with Crippen LogP contribution in [0, 0.1) is 17.4 Å². The van der Waals surface area contributed by atoms with Crippen molar-refractivity contribution in [1.82, 2.24) is 0 Å². The van der Waals surface area contributed by atoms with E-state index < -0.39 is 16.1 Å². The number of rotatable bonds is 7. The Morgan fingerprint density at radius 2 is 1.71 bits per heavy atom. The number of aliphatic hydroxyl groups excluding tert-OH is 1. The number of hydrogen-bond donors (Lipinski definition) is 1. The summed E-state index contributed by atoms with van der Waals surface area (Å²) >= 11 is 0. The average molecular weight is 359 g/mol. The van der Waals surface area contributed by atoms with E-state index in [1.165, 1.54) is 5.19 Å². The summed E-state index contributed by atoms with van der Waals surface area (Å²) in [5, 5.41) is 12.1. The van der Waals surface area contributed by atoms with Gasteiger partial charge in [-0.25, -0.2) is 0 Å². The first-order chi connectivity index (χ1) is 11.1. The van der Waals surface area contributed by atoms with Gasteiger partial charge in [-0.1, -0.05) is 81.3 Å². The molecule has 0 aliphatic rings. The summed E-state index contributed by atoms with van der Waals surface area (Å²) in [4.78, 5) is 0. The fraction of sp³-hybridized carbons (Fsp3) is 0.524. The molecule has 0 fully saturated rings. The van der Waals surface area contributed by atoms with Crippen molar-refractivity contribution in [2.75, 3.05) is 0 Å². The molecule has 3 heteroatoms. The molecule has 132 valence electrons. The molecule has 1 rings (SSSR count). The van der Waals surface area contributed by atoms with E-state index >= 15 is 0 Å². The summed E-state index contributed by atoms with van der Waals surface area (Å²) in [6.07, 6.45) is 3.29. The van der Waals surface area contributed by atoms with E-state index in [1.54, 1.807) is 0 Å². The molecule has 1 nitrogen and oxygen atoms in total. The van der Waals surface area contributed by atoms with Crippen molar-refractivity contribution < 1.29 is 5.11 Å². The molecule has 0 saturated carbocycles. The van der Waals surface area contributed by atoms with Crippen molar-refractivity contribution in [3.63, 3.8) is 0 Å². The topological polar surface area (TPSA) is 20.2 Å². The zero-order valence-electron chi connectivity index (χ0n) is 16.3. The monoisotopic (exact) mass is 358 g/mol. The molecule has 1 aromatic carbocycles. The summed E-state index contributed by atoms with van der Waals surface area (Å²) in [6, 6.07) is 10.7. The van der Waals surface area contributed by atoms with Gasteiger partial charge >= 0.3 is 0 Å². The summed E-state index contributed by atoms with van der Waals surface area (Å²) < 4.78 is 0. The normalized spacial score (nSPS) is 15.8. The number of allylic oxidation sites excluding steroid dienone is 1. The zero-order chi connectivity index (χ0) is 18.4. The average Bonchev–Trinajstić information content (AvgIpc) is 2.51. The van der Waals surface area contributed by atoms with E-state index in [4.69, 9.17) is 0 Å². The molecular weight excluding hydrogens is 324 g/mol. The highest BCUT2D eigenvalue weighted by Gasteiger charge is 2.37. The molecule has 0 aliphatic carbocycles. The van der Waals surface area contributed by atoms with Crippen LogP contribution in [0.15, 0.2) is 43.0 Å². The molecule has 0 spiro atoms. The van der Waals surface area contributed by atoms with Crippen molar-refractivity contribution in [3.8, 4) is 11.5 Å². The first-order valence-corrected chi connectivity index (χ1v) is 15.5. The van der Waals surface area contributed by atoms with Crippen molar-refractivity contribution in [3.05, 3.63) is 43.0 Å². The molecule has 0 saturated heterocycles. The summed E-state index contributed by atoms with van der Waals surface area (Å²) in [5.41, 5.74) is 3.73. The Hall–Kier alpha value is -1.09. The summed E-state index contributed by atoms with van der Waals surface area (Å²) in [5.74, 6) is 3.48. The fourth-order valence-corrected chi connectivity index (χ4v) is 7.49. The van der Waals surface area contributed by atoms with Gasteiger partial charge in [0.2, 0.25) is 0 Å². The third kappa shape index (κ3) is 6.09. The third-order valence-corrected chi connectivity index (χ3v) is 9.98. The second kappa shape index (κ2) is 8.85. The van der Waals surface area contributed by atoms with Crippen molar-refractivity contribution in [1.29, 1.82) is 0 Å². The molecule has 0 heterocycles. The lowest BCUT2D eigenvalue weighted by atomic mass is 9.96. The Bertz CT molecular complexity index is 575. The minimum absolute atomic E-state index is 0.207. The summed E-state index contributed by atoms with van der Waals surface area (Å²) in [7, 11) is -3.03. The van der Waals surface area contributed by atoms with Gasteiger partial charge in [0.15, 0.2) is 0 Å². The minimum Gasteiger partial charge on any atom is -0.393 e. The first-order valence-electron chi connectivity index (χ1n) is 8.95. The van der Waals surface area contributed by atoms with E-state index in [1.807, 2.05) is 0 Å². The van der Waals surface area contributed by atoms with Gasteiger partial charge < -0.3 is 5.11 Å². The van der Waals surface area contributed by atoms with E-state index in [-0.39, 0.29) is 12.0 Å². The molecule has 0 aromatic heterocycles. The van der Waals surface area contributed by atoms with Crippen molar-refractivity contribution >= 4 is 21.3 Å². The van der Waals surface area contributed by atoms with Gasteiger partial charge in [0.25, 0.3) is 0 Å². The molecule has 3 atom stereocenters. The molecular formula is C21H34OSi2. The van der Waals surface area contributed by atoms with Crippen LogP contribution < -0.4 is 5.19 Å². The predicted molar refractivity (Wildman–Crippen MR) is 113 cm³/mol. The van der Waals surface area contributed by atoms with Gasteiger partial charge in [-0.2, -0.15) is 0 Å². The second-order valence-electron chi connectivity index (χ2n) is 8.37. The second-order valence-corrected chi connectivity index (χ2v) is 17.8. The van der Waals surface area contributed by atoms with Crippen molar-refractivity contribution in [2.24, 2.45) is 5.92 Å². The Balaban J connectivity index is 2.80. The van der Waals surface area contributed by atoms with E-state index in [0.29, 0.717) is 5.54 Å². The molecule has 0 aliphatic heterocycles. The van der Waals surface area contributed by atoms with Crippen LogP contribution >= 0.6 is 0 Å². The van der Waals surface area contributed by atoms with Gasteiger partial charge in [-0.3, -0.25) is 0 Å². The van der Waals surface area contributed by atoms with Crippen LogP contribution in [0.4, 0.5) is 0 Å². The van der Waals surface area contributed by atoms with Gasteiger partial charge in [-0.05, 0) is 17.9 Å². The minimum atomic E-state index is -1.72. The van der Waals surface area contributed by atoms with Crippen LogP contribution in [-0.4, -0.2) is 27.4 Å². The number of aliphatic hydroxyl groups is 1. The van der Waals surface area contributed by atoms with Crippen LogP contribution in [0.3, 0.4) is 0 Å². The van der Waals surface area contributed by atoms with Crippen LogP contribution in [0.1, 0.15) is 19.8 Å². The van der Waals surface area contributed by atoms with Gasteiger partial charge in [-0.15, -0.1) is 18.0 Å². The Morgan fingerprint density at radius 1 is 1.12 bits per heavy atom. The lowest BCUT2D eigenvalue weighted by molar-refractivity contribution is 0.110. The highest BCUT2D eigenvalue weighted by atomic mass is 28.3. The van der Waals surface area contributed by atoms with Crippen LogP contribution in [0.5, 0.6) is 0 Å². The highest BCUT2D eigenvalue weighted by molar-refractivity contribution is 6.91. The Labute approximate surface area is 151 Å². The first kappa shape index (κ1) is 21.0. The smallest absolute Gasteiger partial charge is 0.129 e. The van der Waals surface area contributed by atoms with Crippen LogP contribution in [-0.2, 0) is 0 Å². The molecule has 1 N–H and O–H groups in total. The van der Waals surface area contributed by atoms with E-state index in [0.717, 1.165) is 12.8 Å². The maximum absolute atomic E-state index is 10.7. The van der Waals surface area contributed by atoms with Gasteiger partial charge in [0, 0.05) is 6.42 Å². The molecule has 0 amide bonds. The summed E-state index contributed by atoms with van der Waals surface area (Å²) in [6.45, 7) is 17.8. The standard InChI is InChI=1S/C21H34OSi2/c1-8-21(24(6,7)19-14-10-9-11-15-19)18(2)20(22)16-12-13-17-23(3,4)5/h8-11,14-15,18,20-22H,1,12,16H2,2-7H3. The predicted octanol–water partition coefficient (Wildman–Crippen LogP) is 4.82. The molecule has 1 aromatic rings. The fourth-order valence-electron chi connectivity index (χ4n) is 3.28. The quantitative estimate of drug-likeness (QED) is 0.421. The van der Waals surface area contributed by atoms with Gasteiger partial charge in [0.1, 0.15) is 8.07 Å². The Morgan fingerprint density at radius 3 is 2.21 bits per heavy atom. The van der Waals surface area contributed by atoms with Crippen molar-refractivity contribution in [2.45, 2.75) is 64.1 Å². The maximum atomic E-state index is 10.7. The molecule has 0 bridgehead atoms. The highest BCUT2D eigenvalue weighted by Crippen LogP contribution is 2.34. The zero-order valence-corrected chi connectivity index (χ0v) is 18.3. The third-order valence-electron chi connectivity index (χ3n) is 4.81. The lowest BCUT2D eigenvalue weighted by Gasteiger charge is -2.37. The molecule has 3 unspecified atom stereocenters. The van der Waals surface area contributed by atoms with E-state index in [2.05, 4.69) is 94.1 Å². The molecule has 24 heavy (non-hydrogen) atoms. The van der Waals surface area contributed by atoms with E-state index in [9.17, 15) is 5.11 Å². The maximum Gasteiger partial charge on any atom is 0.129 e.